The number of nitrogens with zero attached hydrogens (tertiary/aromatic N) is 5. The van der Waals surface area contributed by atoms with Gasteiger partial charge in [0.05, 0.1) is 31.0 Å². The summed E-state index contributed by atoms with van der Waals surface area (Å²) in [6.45, 7) is -0.355. The average molecular weight is 523 g/mol. The van der Waals surface area contributed by atoms with Gasteiger partial charge >= 0.3 is 12.3 Å². The molecule has 5 rings (SSSR count). The first-order valence-electron chi connectivity index (χ1n) is 11.2. The number of anilines is 1. The van der Waals surface area contributed by atoms with E-state index in [1.807, 2.05) is 0 Å². The van der Waals surface area contributed by atoms with E-state index < -0.39 is 41.5 Å². The van der Waals surface area contributed by atoms with E-state index in [1.165, 1.54) is 24.3 Å². The fourth-order valence-electron chi connectivity index (χ4n) is 4.11. The first kappa shape index (κ1) is 24.5. The number of ether oxygens (including phenoxy) is 2. The summed E-state index contributed by atoms with van der Waals surface area (Å²) in [5, 5.41) is 6.39. The van der Waals surface area contributed by atoms with Crippen LogP contribution in [-0.2, 0) is 10.9 Å². The van der Waals surface area contributed by atoms with Gasteiger partial charge in [-0.25, -0.2) is 23.7 Å². The minimum Gasteiger partial charge on any atom is -0.480 e. The summed E-state index contributed by atoms with van der Waals surface area (Å²) in [5.41, 5.74) is 4.06. The molecule has 37 heavy (non-hydrogen) atoms. The maximum Gasteiger partial charge on any atom is 0.418 e. The van der Waals surface area contributed by atoms with Gasteiger partial charge in [-0.3, -0.25) is 4.79 Å². The largest absolute Gasteiger partial charge is 0.480 e. The van der Waals surface area contributed by atoms with Gasteiger partial charge in [0.2, 0.25) is 5.88 Å². The van der Waals surface area contributed by atoms with Crippen LogP contribution >= 0.6 is 0 Å². The molecule has 1 saturated heterocycles. The van der Waals surface area contributed by atoms with Crippen LogP contribution in [0.2, 0.25) is 0 Å². The Morgan fingerprint density at radius 2 is 1.95 bits per heavy atom. The van der Waals surface area contributed by atoms with Crippen LogP contribution in [0.1, 0.15) is 28.8 Å². The maximum atomic E-state index is 14.6. The number of nitrogens with two attached hydrogens (primary N) is 1. The molecule has 15 heteroatoms. The normalized spacial score (nSPS) is 19.8. The zero-order chi connectivity index (χ0) is 26.5. The summed E-state index contributed by atoms with van der Waals surface area (Å²) in [7, 11) is 1.25. The summed E-state index contributed by atoms with van der Waals surface area (Å²) in [5.74, 6) is -1.30. The second-order valence-electron chi connectivity index (χ2n) is 8.71. The number of pyridine rings is 1. The Morgan fingerprint density at radius 3 is 2.62 bits per heavy atom. The van der Waals surface area contributed by atoms with Crippen LogP contribution in [0.3, 0.4) is 0 Å². The van der Waals surface area contributed by atoms with E-state index in [1.54, 1.807) is 0 Å². The second kappa shape index (κ2) is 9.05. The summed E-state index contributed by atoms with van der Waals surface area (Å²) in [6.07, 6.45) is -3.37. The SMILES string of the molecule is COc1ncc(-c2cc(C(F)(F)F)c3c(N)ncnn23)cc1C(=O)N[C@@H]1CN(C(=O)OC2CC2)C[C@@H]1F. The third kappa shape index (κ3) is 4.68. The van der Waals surface area contributed by atoms with Crippen molar-refractivity contribution in [2.24, 2.45) is 0 Å². The van der Waals surface area contributed by atoms with Crippen molar-refractivity contribution >= 4 is 23.3 Å². The van der Waals surface area contributed by atoms with Crippen molar-refractivity contribution in [3.05, 3.63) is 35.8 Å². The average Bonchev–Trinajstić information content (AvgIpc) is 3.45. The van der Waals surface area contributed by atoms with E-state index in [0.29, 0.717) is 0 Å². The quantitative estimate of drug-likeness (QED) is 0.487. The molecule has 1 saturated carbocycles. The molecule has 2 aliphatic rings. The van der Waals surface area contributed by atoms with E-state index in [0.717, 1.165) is 29.8 Å². The van der Waals surface area contributed by atoms with Crippen molar-refractivity contribution in [3.8, 4) is 17.1 Å². The van der Waals surface area contributed by atoms with Gasteiger partial charge in [0, 0.05) is 18.3 Å². The van der Waals surface area contributed by atoms with Crippen molar-refractivity contribution in [1.29, 1.82) is 0 Å². The monoisotopic (exact) mass is 523 g/mol. The zero-order valence-corrected chi connectivity index (χ0v) is 19.3. The molecule has 3 aromatic rings. The summed E-state index contributed by atoms with van der Waals surface area (Å²) in [6, 6.07) is 1.04. The first-order valence-corrected chi connectivity index (χ1v) is 11.2. The van der Waals surface area contributed by atoms with Crippen LogP contribution in [-0.4, -0.2) is 75.0 Å². The van der Waals surface area contributed by atoms with Crippen molar-refractivity contribution in [1.82, 2.24) is 29.8 Å². The molecule has 0 radical (unpaired) electrons. The van der Waals surface area contributed by atoms with Gasteiger partial charge in [-0.2, -0.15) is 18.3 Å². The highest BCUT2D eigenvalue weighted by molar-refractivity contribution is 5.98. The van der Waals surface area contributed by atoms with E-state index in [9.17, 15) is 27.2 Å². The number of likely N-dealkylation sites (tertiary alicyclic amines) is 1. The Hall–Kier alpha value is -4.17. The lowest BCUT2D eigenvalue weighted by molar-refractivity contribution is -0.136. The Kier molecular flexibility index (Phi) is 6.00. The Labute approximate surface area is 206 Å². The number of nitrogens with one attached hydrogen (secondary N) is 1. The van der Waals surface area contributed by atoms with Crippen LogP contribution in [0.4, 0.5) is 28.2 Å². The molecule has 2 fully saturated rings. The molecular weight excluding hydrogens is 502 g/mol. The molecule has 2 atom stereocenters. The van der Waals surface area contributed by atoms with Gasteiger partial charge in [0.15, 0.2) is 5.82 Å². The number of hydrogen-bond donors (Lipinski definition) is 2. The minimum atomic E-state index is -4.76. The summed E-state index contributed by atoms with van der Waals surface area (Å²) < 4.78 is 67.0. The Balaban J connectivity index is 1.44. The number of nitrogen functional groups attached to an aromatic ring is 1. The number of carbonyl (C=O) groups excluding carboxylic acids is 2. The van der Waals surface area contributed by atoms with E-state index in [4.69, 9.17) is 15.2 Å². The lowest BCUT2D eigenvalue weighted by atomic mass is 10.1. The fraction of sp³-hybridized carbons (Fsp3) is 0.409. The molecule has 0 unspecified atom stereocenters. The number of alkyl halides is 4. The highest BCUT2D eigenvalue weighted by Gasteiger charge is 2.40. The number of aromatic nitrogens is 4. The fourth-order valence-corrected chi connectivity index (χ4v) is 4.11. The summed E-state index contributed by atoms with van der Waals surface area (Å²) in [4.78, 5) is 34.1. The van der Waals surface area contributed by atoms with Crippen LogP contribution in [0.5, 0.6) is 5.88 Å². The molecule has 11 nitrogen and oxygen atoms in total. The molecule has 0 bridgehead atoms. The third-order valence-electron chi connectivity index (χ3n) is 6.09. The molecule has 3 N–H and O–H groups in total. The molecule has 0 aromatic carbocycles. The van der Waals surface area contributed by atoms with Crippen molar-refractivity contribution in [2.75, 3.05) is 25.9 Å². The molecule has 1 aliphatic heterocycles. The molecule has 4 heterocycles. The number of hydrogen-bond acceptors (Lipinski definition) is 8. The van der Waals surface area contributed by atoms with Crippen LogP contribution < -0.4 is 15.8 Å². The molecule has 1 aliphatic carbocycles. The first-order chi connectivity index (χ1) is 17.6. The highest BCUT2D eigenvalue weighted by Crippen LogP contribution is 2.39. The van der Waals surface area contributed by atoms with Gasteiger partial charge in [-0.1, -0.05) is 0 Å². The highest BCUT2D eigenvalue weighted by atomic mass is 19.4. The van der Waals surface area contributed by atoms with E-state index in [-0.39, 0.29) is 47.7 Å². The van der Waals surface area contributed by atoms with Crippen molar-refractivity contribution in [3.63, 3.8) is 0 Å². The van der Waals surface area contributed by atoms with Crippen LogP contribution in [0, 0.1) is 0 Å². The summed E-state index contributed by atoms with van der Waals surface area (Å²) >= 11 is 0. The smallest absolute Gasteiger partial charge is 0.418 e. The van der Waals surface area contributed by atoms with E-state index >= 15 is 0 Å². The van der Waals surface area contributed by atoms with Gasteiger partial charge < -0.3 is 25.4 Å². The van der Waals surface area contributed by atoms with E-state index in [2.05, 4.69) is 20.4 Å². The Bertz CT molecular complexity index is 1380. The number of amides is 2. The number of carbonyl (C=O) groups is 2. The molecule has 2 amide bonds. The van der Waals surface area contributed by atoms with Gasteiger partial charge in [-0.05, 0) is 25.0 Å². The maximum absolute atomic E-state index is 14.6. The second-order valence-corrected chi connectivity index (χ2v) is 8.71. The lowest BCUT2D eigenvalue weighted by Crippen LogP contribution is -2.42. The van der Waals surface area contributed by atoms with Gasteiger partial charge in [-0.15, -0.1) is 0 Å². The number of methoxy groups -OCH3 is 1. The third-order valence-corrected chi connectivity index (χ3v) is 6.09. The molecule has 0 spiro atoms. The molecular formula is C22H21F4N7O4. The predicted molar refractivity (Wildman–Crippen MR) is 119 cm³/mol. The van der Waals surface area contributed by atoms with Crippen molar-refractivity contribution < 1.29 is 36.6 Å². The molecule has 196 valence electrons. The number of rotatable bonds is 5. The van der Waals surface area contributed by atoms with Gasteiger partial charge in [0.1, 0.15) is 29.7 Å². The predicted octanol–water partition coefficient (Wildman–Crippen LogP) is 2.45. The zero-order valence-electron chi connectivity index (χ0n) is 19.3. The van der Waals surface area contributed by atoms with Gasteiger partial charge in [0.25, 0.3) is 5.91 Å². The van der Waals surface area contributed by atoms with Crippen LogP contribution in [0.15, 0.2) is 24.7 Å². The van der Waals surface area contributed by atoms with Crippen LogP contribution in [0.25, 0.3) is 16.8 Å². The molecule has 3 aromatic heterocycles. The number of halogens is 4. The standard InChI is InChI=1S/C22H21F4N7O4/c1-36-20-12(19(34)31-15-8-32(7-14(15)23)21(35)37-11-2-3-11)4-10(6-28-20)16-5-13(22(24,25)26)17-18(27)29-9-30-33(16)17/h4-6,9,11,14-15H,2-3,7-8H2,1H3,(H,31,34)(H2,27,29,30)/t14-,15+/m0/s1. The number of fused-ring (bicyclic) bond motifs is 1. The van der Waals surface area contributed by atoms with Crippen molar-refractivity contribution in [2.45, 2.75) is 37.3 Å². The lowest BCUT2D eigenvalue weighted by Gasteiger charge is -2.17. The minimum absolute atomic E-state index is 0.0566. The topological polar surface area (TPSA) is 137 Å². The Morgan fingerprint density at radius 1 is 1.19 bits per heavy atom.